The van der Waals surface area contributed by atoms with Gasteiger partial charge in [-0.3, -0.25) is 9.48 Å². The number of hydrogen-bond donors (Lipinski definition) is 1. The average molecular weight is 327 g/mol. The van der Waals surface area contributed by atoms with Gasteiger partial charge in [0, 0.05) is 37.7 Å². The van der Waals surface area contributed by atoms with Crippen LogP contribution < -0.4 is 0 Å². The van der Waals surface area contributed by atoms with Gasteiger partial charge < -0.3 is 10.0 Å². The van der Waals surface area contributed by atoms with Gasteiger partial charge in [0.15, 0.2) is 0 Å². The number of aromatic nitrogens is 2. The third-order valence-corrected chi connectivity index (χ3v) is 5.05. The summed E-state index contributed by atoms with van der Waals surface area (Å²) in [6.07, 6.45) is 7.65. The lowest BCUT2D eigenvalue weighted by molar-refractivity contribution is 0.0653. The second-order valence-electron chi connectivity index (χ2n) is 6.67. The first kappa shape index (κ1) is 16.7. The van der Waals surface area contributed by atoms with Gasteiger partial charge in [0.1, 0.15) is 0 Å². The van der Waals surface area contributed by atoms with E-state index in [-0.39, 0.29) is 18.6 Å². The first-order valence-electron chi connectivity index (χ1n) is 8.61. The highest BCUT2D eigenvalue weighted by molar-refractivity contribution is 5.94. The molecule has 1 aliphatic rings. The summed E-state index contributed by atoms with van der Waals surface area (Å²) in [6.45, 7) is 0.977. The molecule has 1 aliphatic carbocycles. The number of amides is 1. The van der Waals surface area contributed by atoms with Crippen LogP contribution in [0.3, 0.4) is 0 Å². The van der Waals surface area contributed by atoms with Crippen molar-refractivity contribution in [1.29, 1.82) is 0 Å². The Bertz CT molecular complexity index is 644. The van der Waals surface area contributed by atoms with E-state index >= 15 is 0 Å². The summed E-state index contributed by atoms with van der Waals surface area (Å²) in [7, 11) is 1.89. The molecule has 1 saturated carbocycles. The normalized spacial score (nSPS) is 20.8. The van der Waals surface area contributed by atoms with Crippen molar-refractivity contribution < 1.29 is 9.90 Å². The summed E-state index contributed by atoms with van der Waals surface area (Å²) in [5.41, 5.74) is 1.85. The molecule has 128 valence electrons. The molecule has 1 amide bonds. The summed E-state index contributed by atoms with van der Waals surface area (Å²) < 4.78 is 1.86. The maximum absolute atomic E-state index is 12.7. The van der Waals surface area contributed by atoms with Crippen LogP contribution in [-0.2, 0) is 6.54 Å². The van der Waals surface area contributed by atoms with Gasteiger partial charge in [0.05, 0.1) is 6.54 Å². The Labute approximate surface area is 142 Å². The Kier molecular flexibility index (Phi) is 5.30. The molecule has 1 N–H and O–H groups in total. The maximum atomic E-state index is 12.7. The monoisotopic (exact) mass is 327 g/mol. The highest BCUT2D eigenvalue weighted by Gasteiger charge is 2.26. The fourth-order valence-electron chi connectivity index (χ4n) is 3.42. The predicted molar refractivity (Wildman–Crippen MR) is 92.7 cm³/mol. The lowest BCUT2D eigenvalue weighted by atomic mass is 9.86. The summed E-state index contributed by atoms with van der Waals surface area (Å²) in [5.74, 6) is 0.486. The number of carbonyl (C=O) groups excluding carboxylic acids is 1. The van der Waals surface area contributed by atoms with Crippen LogP contribution in [0.4, 0.5) is 0 Å². The zero-order valence-electron chi connectivity index (χ0n) is 14.1. The Morgan fingerprint density at radius 1 is 1.25 bits per heavy atom. The minimum Gasteiger partial charge on any atom is -0.396 e. The number of aliphatic hydroxyl groups excluding tert-OH is 1. The molecule has 0 atom stereocenters. The lowest BCUT2D eigenvalue weighted by Gasteiger charge is -2.34. The van der Waals surface area contributed by atoms with Gasteiger partial charge in [-0.05, 0) is 55.4 Å². The standard InChI is InChI=1S/C19H25N3O2/c1-21(18-9-5-16(14-23)6-10-18)19(24)17-7-3-15(4-8-17)13-22-12-2-11-20-22/h2-4,7-8,11-12,16,18,23H,5-6,9-10,13-14H2,1H3. The minimum atomic E-state index is 0.0769. The molecule has 24 heavy (non-hydrogen) atoms. The zero-order chi connectivity index (χ0) is 16.9. The van der Waals surface area contributed by atoms with E-state index in [4.69, 9.17) is 0 Å². The molecule has 5 nitrogen and oxygen atoms in total. The summed E-state index contributed by atoms with van der Waals surface area (Å²) in [6, 6.07) is 9.97. The molecule has 0 aliphatic heterocycles. The SMILES string of the molecule is CN(C(=O)c1ccc(Cn2cccn2)cc1)C1CCC(CO)CC1. The van der Waals surface area contributed by atoms with E-state index in [1.165, 1.54) is 0 Å². The molecule has 1 fully saturated rings. The quantitative estimate of drug-likeness (QED) is 0.918. The van der Waals surface area contributed by atoms with E-state index in [1.54, 1.807) is 6.20 Å². The first-order valence-corrected chi connectivity index (χ1v) is 8.61. The fourth-order valence-corrected chi connectivity index (χ4v) is 3.42. The molecule has 0 unspecified atom stereocenters. The number of hydrogen-bond acceptors (Lipinski definition) is 3. The molecule has 0 radical (unpaired) electrons. The number of rotatable bonds is 5. The van der Waals surface area contributed by atoms with E-state index < -0.39 is 0 Å². The van der Waals surface area contributed by atoms with Crippen LogP contribution in [0, 0.1) is 5.92 Å². The predicted octanol–water partition coefficient (Wildman–Crippen LogP) is 2.55. The Hall–Kier alpha value is -2.14. The van der Waals surface area contributed by atoms with Crippen molar-refractivity contribution in [1.82, 2.24) is 14.7 Å². The highest BCUT2D eigenvalue weighted by Crippen LogP contribution is 2.27. The van der Waals surface area contributed by atoms with Crippen molar-refractivity contribution in [3.05, 3.63) is 53.9 Å². The Morgan fingerprint density at radius 2 is 1.96 bits per heavy atom. The molecular weight excluding hydrogens is 302 g/mol. The van der Waals surface area contributed by atoms with Crippen molar-refractivity contribution in [3.8, 4) is 0 Å². The maximum Gasteiger partial charge on any atom is 0.253 e. The van der Waals surface area contributed by atoms with Gasteiger partial charge in [-0.15, -0.1) is 0 Å². The van der Waals surface area contributed by atoms with E-state index in [2.05, 4.69) is 5.10 Å². The van der Waals surface area contributed by atoms with Crippen molar-refractivity contribution in [2.45, 2.75) is 38.3 Å². The van der Waals surface area contributed by atoms with Gasteiger partial charge in [-0.2, -0.15) is 5.10 Å². The van der Waals surface area contributed by atoms with Crippen molar-refractivity contribution in [3.63, 3.8) is 0 Å². The first-order chi connectivity index (χ1) is 11.7. The number of aliphatic hydroxyl groups is 1. The number of carbonyl (C=O) groups is 1. The summed E-state index contributed by atoms with van der Waals surface area (Å²) >= 11 is 0. The van der Waals surface area contributed by atoms with Crippen LogP contribution in [0.1, 0.15) is 41.6 Å². The van der Waals surface area contributed by atoms with E-state index in [0.717, 1.165) is 36.8 Å². The third kappa shape index (κ3) is 3.85. The second kappa shape index (κ2) is 7.62. The largest absolute Gasteiger partial charge is 0.396 e. The lowest BCUT2D eigenvalue weighted by Crippen LogP contribution is -2.39. The number of nitrogens with zero attached hydrogens (tertiary/aromatic N) is 3. The van der Waals surface area contributed by atoms with Crippen molar-refractivity contribution >= 4 is 5.91 Å². The van der Waals surface area contributed by atoms with Crippen LogP contribution in [-0.4, -0.2) is 45.4 Å². The fraction of sp³-hybridized carbons (Fsp3) is 0.474. The van der Waals surface area contributed by atoms with Gasteiger partial charge >= 0.3 is 0 Å². The number of benzene rings is 1. The molecule has 2 aromatic rings. The Balaban J connectivity index is 1.60. The molecular formula is C19H25N3O2. The van der Waals surface area contributed by atoms with Crippen LogP contribution in [0.2, 0.25) is 0 Å². The van der Waals surface area contributed by atoms with E-state index in [0.29, 0.717) is 12.5 Å². The summed E-state index contributed by atoms with van der Waals surface area (Å²) in [5, 5.41) is 13.4. The van der Waals surface area contributed by atoms with Crippen molar-refractivity contribution in [2.75, 3.05) is 13.7 Å². The smallest absolute Gasteiger partial charge is 0.253 e. The van der Waals surface area contributed by atoms with E-state index in [1.807, 2.05) is 53.2 Å². The molecule has 3 rings (SSSR count). The van der Waals surface area contributed by atoms with Crippen LogP contribution in [0.5, 0.6) is 0 Å². The van der Waals surface area contributed by atoms with Crippen LogP contribution >= 0.6 is 0 Å². The van der Waals surface area contributed by atoms with Gasteiger partial charge in [-0.25, -0.2) is 0 Å². The van der Waals surface area contributed by atoms with Gasteiger partial charge in [0.25, 0.3) is 5.91 Å². The highest BCUT2D eigenvalue weighted by atomic mass is 16.3. The molecule has 1 aromatic heterocycles. The Morgan fingerprint density at radius 3 is 2.54 bits per heavy atom. The minimum absolute atomic E-state index is 0.0769. The zero-order valence-corrected chi connectivity index (χ0v) is 14.1. The van der Waals surface area contributed by atoms with E-state index in [9.17, 15) is 9.90 Å². The molecule has 1 heterocycles. The topological polar surface area (TPSA) is 58.4 Å². The van der Waals surface area contributed by atoms with Crippen LogP contribution in [0.15, 0.2) is 42.7 Å². The van der Waals surface area contributed by atoms with Gasteiger partial charge in [-0.1, -0.05) is 12.1 Å². The molecule has 0 bridgehead atoms. The van der Waals surface area contributed by atoms with Gasteiger partial charge in [0.2, 0.25) is 0 Å². The second-order valence-corrected chi connectivity index (χ2v) is 6.67. The molecule has 0 spiro atoms. The van der Waals surface area contributed by atoms with Crippen LogP contribution in [0.25, 0.3) is 0 Å². The molecule has 1 aromatic carbocycles. The molecule has 5 heteroatoms. The van der Waals surface area contributed by atoms with Crippen molar-refractivity contribution in [2.24, 2.45) is 5.92 Å². The molecule has 0 saturated heterocycles. The third-order valence-electron chi connectivity index (χ3n) is 5.05. The summed E-state index contributed by atoms with van der Waals surface area (Å²) in [4.78, 5) is 14.6. The average Bonchev–Trinajstić information content (AvgIpc) is 3.14.